The number of benzene rings is 1. The lowest BCUT2D eigenvalue weighted by Gasteiger charge is -2.22. The molecule has 140 valence electrons. The Bertz CT molecular complexity index is 525. The zero-order valence-electron chi connectivity index (χ0n) is 15.4. The van der Waals surface area contributed by atoms with Gasteiger partial charge in [0.15, 0.2) is 6.29 Å². The zero-order valence-corrected chi connectivity index (χ0v) is 15.4. The Morgan fingerprint density at radius 2 is 2.12 bits per heavy atom. The van der Waals surface area contributed by atoms with Gasteiger partial charge >= 0.3 is 0 Å². The van der Waals surface area contributed by atoms with Crippen molar-refractivity contribution in [1.29, 1.82) is 0 Å². The highest BCUT2D eigenvalue weighted by molar-refractivity contribution is 5.48. The summed E-state index contributed by atoms with van der Waals surface area (Å²) in [7, 11) is 0. The van der Waals surface area contributed by atoms with E-state index in [1.54, 1.807) is 11.2 Å². The minimum atomic E-state index is -0.0810. The van der Waals surface area contributed by atoms with Crippen LogP contribution < -0.4 is 21.9 Å². The van der Waals surface area contributed by atoms with Crippen molar-refractivity contribution in [2.45, 2.75) is 58.4 Å². The largest absolute Gasteiger partial charge is 0.401 e. The lowest BCUT2D eigenvalue weighted by molar-refractivity contribution is -0.161. The fraction of sp³-hybridized carbons (Fsp3) is 0.579. The highest BCUT2D eigenvalue weighted by Gasteiger charge is 2.13. The summed E-state index contributed by atoms with van der Waals surface area (Å²) >= 11 is 0. The van der Waals surface area contributed by atoms with E-state index in [4.69, 9.17) is 21.1 Å². The van der Waals surface area contributed by atoms with E-state index in [-0.39, 0.29) is 6.29 Å². The minimum Gasteiger partial charge on any atom is -0.401 e. The van der Waals surface area contributed by atoms with Crippen LogP contribution in [0.1, 0.15) is 45.1 Å². The second-order valence-corrected chi connectivity index (χ2v) is 6.73. The van der Waals surface area contributed by atoms with Crippen LogP contribution in [-0.2, 0) is 16.0 Å². The smallest absolute Gasteiger partial charge is 0.157 e. The number of hydrazine groups is 1. The van der Waals surface area contributed by atoms with Crippen LogP contribution >= 0.6 is 0 Å². The number of rotatable bonds is 9. The maximum atomic E-state index is 6.08. The van der Waals surface area contributed by atoms with E-state index in [1.807, 2.05) is 12.1 Å². The molecule has 6 nitrogen and oxygen atoms in total. The Balaban J connectivity index is 1.76. The van der Waals surface area contributed by atoms with Gasteiger partial charge in [-0.1, -0.05) is 26.0 Å². The first kappa shape index (κ1) is 19.7. The van der Waals surface area contributed by atoms with E-state index in [0.29, 0.717) is 24.8 Å². The van der Waals surface area contributed by atoms with Crippen molar-refractivity contribution < 1.29 is 9.47 Å². The van der Waals surface area contributed by atoms with E-state index in [2.05, 4.69) is 31.3 Å². The van der Waals surface area contributed by atoms with Crippen molar-refractivity contribution in [1.82, 2.24) is 5.32 Å². The summed E-state index contributed by atoms with van der Waals surface area (Å²) in [4.78, 5) is 0. The fourth-order valence-corrected chi connectivity index (χ4v) is 2.58. The number of nitrogens with one attached hydrogen (secondary N) is 1. The maximum Gasteiger partial charge on any atom is 0.157 e. The average Bonchev–Trinajstić information content (AvgIpc) is 2.61. The van der Waals surface area contributed by atoms with Crippen molar-refractivity contribution in [2.75, 3.05) is 18.2 Å². The van der Waals surface area contributed by atoms with Crippen LogP contribution in [0.2, 0.25) is 0 Å². The normalized spacial score (nSPS) is 18.6. The molecular formula is C19H32N4O2. The van der Waals surface area contributed by atoms with Crippen molar-refractivity contribution >= 4 is 5.69 Å². The highest BCUT2D eigenvalue weighted by Crippen LogP contribution is 2.15. The Morgan fingerprint density at radius 3 is 2.76 bits per heavy atom. The summed E-state index contributed by atoms with van der Waals surface area (Å²) < 4.78 is 11.2. The van der Waals surface area contributed by atoms with Crippen molar-refractivity contribution in [2.24, 2.45) is 11.6 Å². The first-order valence-electron chi connectivity index (χ1n) is 9.10. The first-order chi connectivity index (χ1) is 12.0. The highest BCUT2D eigenvalue weighted by atomic mass is 16.7. The number of hydrogen-bond donors (Lipinski definition) is 3. The van der Waals surface area contributed by atoms with Crippen LogP contribution in [0, 0.1) is 0 Å². The molecule has 1 aliphatic rings. The SMILES string of the molecule is CC(C)NCc1ccc(N(N)/C=C(\N)CCOC2CCCCO2)cc1. The van der Waals surface area contributed by atoms with Gasteiger partial charge in [-0.15, -0.1) is 0 Å². The molecular weight excluding hydrogens is 316 g/mol. The monoisotopic (exact) mass is 348 g/mol. The molecule has 0 radical (unpaired) electrons. The molecule has 1 heterocycles. The first-order valence-corrected chi connectivity index (χ1v) is 9.10. The second-order valence-electron chi connectivity index (χ2n) is 6.73. The molecule has 0 saturated carbocycles. The van der Waals surface area contributed by atoms with Gasteiger partial charge in [0.25, 0.3) is 0 Å². The van der Waals surface area contributed by atoms with Gasteiger partial charge in [-0.25, -0.2) is 5.84 Å². The van der Waals surface area contributed by atoms with Crippen LogP contribution in [0.15, 0.2) is 36.2 Å². The maximum absolute atomic E-state index is 6.08. The van der Waals surface area contributed by atoms with Gasteiger partial charge in [0.1, 0.15) is 0 Å². The average molecular weight is 348 g/mol. The number of anilines is 1. The van der Waals surface area contributed by atoms with Gasteiger partial charge < -0.3 is 20.5 Å². The molecule has 1 saturated heterocycles. The summed E-state index contributed by atoms with van der Waals surface area (Å²) in [6, 6.07) is 8.59. The van der Waals surface area contributed by atoms with Crippen molar-refractivity contribution in [3.63, 3.8) is 0 Å². The Morgan fingerprint density at radius 1 is 1.36 bits per heavy atom. The summed E-state index contributed by atoms with van der Waals surface area (Å²) in [6.07, 6.45) is 5.54. The number of nitrogens with two attached hydrogens (primary N) is 2. The summed E-state index contributed by atoms with van der Waals surface area (Å²) in [6.45, 7) is 6.44. The molecule has 1 aliphatic heterocycles. The second kappa shape index (κ2) is 10.4. The quantitative estimate of drug-likeness (QED) is 0.470. The third-order valence-corrected chi connectivity index (χ3v) is 4.09. The van der Waals surface area contributed by atoms with Gasteiger partial charge in [-0.05, 0) is 37.0 Å². The molecule has 1 aromatic carbocycles. The third-order valence-electron chi connectivity index (χ3n) is 4.09. The molecule has 0 spiro atoms. The van der Waals surface area contributed by atoms with Gasteiger partial charge in [0, 0.05) is 37.5 Å². The zero-order chi connectivity index (χ0) is 18.1. The molecule has 1 unspecified atom stereocenters. The lowest BCUT2D eigenvalue weighted by Crippen LogP contribution is -2.27. The Labute approximate surface area is 151 Å². The molecule has 0 aliphatic carbocycles. The molecule has 25 heavy (non-hydrogen) atoms. The van der Waals surface area contributed by atoms with E-state index >= 15 is 0 Å². The van der Waals surface area contributed by atoms with E-state index in [1.165, 1.54) is 5.56 Å². The summed E-state index contributed by atoms with van der Waals surface area (Å²) in [5, 5.41) is 4.94. The third kappa shape index (κ3) is 7.44. The minimum absolute atomic E-state index is 0.0810. The fourth-order valence-electron chi connectivity index (χ4n) is 2.58. The number of nitrogens with zero attached hydrogens (tertiary/aromatic N) is 1. The van der Waals surface area contributed by atoms with Gasteiger partial charge in [0.05, 0.1) is 12.3 Å². The van der Waals surface area contributed by atoms with Gasteiger partial charge in [0.2, 0.25) is 0 Å². The van der Waals surface area contributed by atoms with Gasteiger partial charge in [-0.3, -0.25) is 5.01 Å². The number of ether oxygens (including phenoxy) is 2. The molecule has 0 bridgehead atoms. The molecule has 5 N–H and O–H groups in total. The van der Waals surface area contributed by atoms with E-state index in [9.17, 15) is 0 Å². The molecule has 1 aromatic rings. The molecule has 1 fully saturated rings. The van der Waals surface area contributed by atoms with Crippen LogP contribution in [0.25, 0.3) is 0 Å². The van der Waals surface area contributed by atoms with E-state index in [0.717, 1.165) is 38.1 Å². The molecule has 0 amide bonds. The lowest BCUT2D eigenvalue weighted by atomic mass is 10.2. The van der Waals surface area contributed by atoms with Crippen LogP contribution in [-0.4, -0.2) is 25.5 Å². The predicted octanol–water partition coefficient (Wildman–Crippen LogP) is 2.60. The van der Waals surface area contributed by atoms with Crippen LogP contribution in [0.5, 0.6) is 0 Å². The standard InChI is InChI=1S/C19H32N4O2/c1-15(2)22-13-16-6-8-18(9-7-16)23(21)14-17(20)10-12-25-19-5-3-4-11-24-19/h6-9,14-15,19,22H,3-5,10-13,20-21H2,1-2H3/b17-14-. The Kier molecular flexibility index (Phi) is 8.21. The predicted molar refractivity (Wildman–Crippen MR) is 102 cm³/mol. The van der Waals surface area contributed by atoms with Crippen LogP contribution in [0.3, 0.4) is 0 Å². The Hall–Kier alpha value is -1.60. The topological polar surface area (TPSA) is 85.8 Å². The number of hydrogen-bond acceptors (Lipinski definition) is 6. The molecule has 6 heteroatoms. The van der Waals surface area contributed by atoms with Crippen LogP contribution in [0.4, 0.5) is 5.69 Å². The van der Waals surface area contributed by atoms with Crippen molar-refractivity contribution in [3.8, 4) is 0 Å². The van der Waals surface area contributed by atoms with Crippen molar-refractivity contribution in [3.05, 3.63) is 41.7 Å². The molecule has 1 atom stereocenters. The summed E-state index contributed by atoms with van der Waals surface area (Å²) in [5.41, 5.74) is 8.85. The molecule has 2 rings (SSSR count). The molecule has 0 aromatic heterocycles. The summed E-state index contributed by atoms with van der Waals surface area (Å²) in [5.74, 6) is 6.08. The van der Waals surface area contributed by atoms with E-state index < -0.39 is 0 Å². The van der Waals surface area contributed by atoms with Gasteiger partial charge in [-0.2, -0.15) is 0 Å².